The van der Waals surface area contributed by atoms with Crippen LogP contribution >= 0.6 is 0 Å². The molecule has 0 saturated carbocycles. The Labute approximate surface area is 215 Å². The maximum absolute atomic E-state index is 11.4. The molecule has 4 heteroatoms. The summed E-state index contributed by atoms with van der Waals surface area (Å²) in [5.74, 6) is -0.0857. The van der Waals surface area contributed by atoms with E-state index in [1.165, 1.54) is 16.7 Å². The molecule has 0 aliphatic heterocycles. The molecular formula is C32H37NO3. The predicted octanol–water partition coefficient (Wildman–Crippen LogP) is 8.23. The summed E-state index contributed by atoms with van der Waals surface area (Å²) in [5, 5.41) is 9.36. The van der Waals surface area contributed by atoms with E-state index in [1.807, 2.05) is 30.3 Å². The van der Waals surface area contributed by atoms with E-state index in [-0.39, 0.29) is 16.4 Å². The van der Waals surface area contributed by atoms with E-state index in [1.54, 1.807) is 12.1 Å². The Morgan fingerprint density at radius 1 is 1.03 bits per heavy atom. The lowest BCUT2D eigenvalue weighted by Crippen LogP contribution is -2.26. The number of ether oxygens (including phenoxy) is 1. The lowest BCUT2D eigenvalue weighted by molar-refractivity contribution is 0.0697. The van der Waals surface area contributed by atoms with Crippen LogP contribution in [0.4, 0.5) is 11.4 Å². The molecule has 0 spiro atoms. The number of anilines is 2. The van der Waals surface area contributed by atoms with Crippen LogP contribution in [0, 0.1) is 5.41 Å². The van der Waals surface area contributed by atoms with Crippen molar-refractivity contribution in [2.75, 3.05) is 11.4 Å². The highest BCUT2D eigenvalue weighted by Crippen LogP contribution is 2.49. The molecule has 0 bridgehead atoms. The molecule has 1 N–H and O–H groups in total. The van der Waals surface area contributed by atoms with E-state index < -0.39 is 5.97 Å². The van der Waals surface area contributed by atoms with Gasteiger partial charge in [0.25, 0.3) is 0 Å². The highest BCUT2D eigenvalue weighted by Gasteiger charge is 2.34. The summed E-state index contributed by atoms with van der Waals surface area (Å²) in [5.41, 5.74) is 7.24. The van der Waals surface area contributed by atoms with Gasteiger partial charge in [-0.15, -0.1) is 0 Å². The molecule has 0 saturated heterocycles. The molecule has 1 aliphatic rings. The summed E-state index contributed by atoms with van der Waals surface area (Å²) in [6.07, 6.45) is 3.38. The topological polar surface area (TPSA) is 49.8 Å². The molecule has 36 heavy (non-hydrogen) atoms. The van der Waals surface area contributed by atoms with Crippen molar-refractivity contribution in [2.24, 2.45) is 5.41 Å². The SMILES string of the molecule is CCN(c1ccc(C(=O)O)cc1)c1cc2c(cc1OCc1ccccc1)C(C)(C)CC=C2C(C)(C)C. The second-order valence-corrected chi connectivity index (χ2v) is 11.2. The van der Waals surface area contributed by atoms with E-state index in [9.17, 15) is 9.90 Å². The third kappa shape index (κ3) is 5.18. The van der Waals surface area contributed by atoms with E-state index in [0.717, 1.165) is 29.1 Å². The summed E-state index contributed by atoms with van der Waals surface area (Å²) < 4.78 is 6.51. The van der Waals surface area contributed by atoms with Crippen LogP contribution in [0.15, 0.2) is 72.8 Å². The summed E-state index contributed by atoms with van der Waals surface area (Å²) in [6, 6.07) is 21.8. The smallest absolute Gasteiger partial charge is 0.335 e. The fourth-order valence-corrected chi connectivity index (χ4v) is 4.98. The first kappa shape index (κ1) is 25.6. The van der Waals surface area contributed by atoms with Gasteiger partial charge in [0.1, 0.15) is 12.4 Å². The van der Waals surface area contributed by atoms with Crippen molar-refractivity contribution in [1.29, 1.82) is 0 Å². The van der Waals surface area contributed by atoms with Gasteiger partial charge in [0, 0.05) is 12.2 Å². The molecule has 0 fully saturated rings. The Hall–Kier alpha value is -3.53. The Kier molecular flexibility index (Phi) is 6.99. The minimum Gasteiger partial charge on any atom is -0.487 e. The lowest BCUT2D eigenvalue weighted by Gasteiger charge is -2.38. The number of fused-ring (bicyclic) bond motifs is 1. The van der Waals surface area contributed by atoms with Gasteiger partial charge in [0.15, 0.2) is 0 Å². The summed E-state index contributed by atoms with van der Waals surface area (Å²) >= 11 is 0. The van der Waals surface area contributed by atoms with Crippen LogP contribution in [0.3, 0.4) is 0 Å². The average Bonchev–Trinajstić information content (AvgIpc) is 2.83. The maximum atomic E-state index is 11.4. The van der Waals surface area contributed by atoms with Gasteiger partial charge < -0.3 is 14.7 Å². The monoisotopic (exact) mass is 483 g/mol. The number of nitrogens with zero attached hydrogens (tertiary/aromatic N) is 1. The van der Waals surface area contributed by atoms with Crippen molar-refractivity contribution in [3.63, 3.8) is 0 Å². The molecular weight excluding hydrogens is 446 g/mol. The van der Waals surface area contributed by atoms with Crippen LogP contribution in [0.25, 0.3) is 5.57 Å². The molecule has 3 aromatic carbocycles. The number of hydrogen-bond acceptors (Lipinski definition) is 3. The van der Waals surface area contributed by atoms with Crippen LogP contribution in [-0.2, 0) is 12.0 Å². The number of carbonyl (C=O) groups is 1. The van der Waals surface area contributed by atoms with Crippen molar-refractivity contribution in [2.45, 2.75) is 60.0 Å². The molecule has 188 valence electrons. The van der Waals surface area contributed by atoms with Crippen molar-refractivity contribution >= 4 is 22.9 Å². The predicted molar refractivity (Wildman–Crippen MR) is 148 cm³/mol. The zero-order chi connectivity index (χ0) is 26.1. The largest absolute Gasteiger partial charge is 0.487 e. The normalized spacial score (nSPS) is 14.6. The van der Waals surface area contributed by atoms with Crippen LogP contribution in [-0.4, -0.2) is 17.6 Å². The molecule has 1 aliphatic carbocycles. The first-order valence-corrected chi connectivity index (χ1v) is 12.7. The standard InChI is InChI=1S/C32H37NO3/c1-7-33(24-15-13-23(14-16-24)30(34)35)28-19-25-26(31(2,3)4)17-18-32(5,6)27(25)20-29(28)36-21-22-11-9-8-10-12-22/h8-17,19-20H,7,18,21H2,1-6H3,(H,34,35). The summed E-state index contributed by atoms with van der Waals surface area (Å²) in [4.78, 5) is 13.6. The van der Waals surface area contributed by atoms with Crippen LogP contribution < -0.4 is 9.64 Å². The number of aromatic carboxylic acids is 1. The van der Waals surface area contributed by atoms with Gasteiger partial charge in [0.2, 0.25) is 0 Å². The van der Waals surface area contributed by atoms with Crippen molar-refractivity contribution in [1.82, 2.24) is 0 Å². The number of carboxylic acids is 1. The number of hydrogen-bond donors (Lipinski definition) is 1. The number of allylic oxidation sites excluding steroid dienone is 2. The first-order chi connectivity index (χ1) is 17.0. The van der Waals surface area contributed by atoms with Crippen LogP contribution in [0.2, 0.25) is 0 Å². The first-order valence-electron chi connectivity index (χ1n) is 12.7. The van der Waals surface area contributed by atoms with Gasteiger partial charge in [-0.25, -0.2) is 4.79 Å². The van der Waals surface area contributed by atoms with Crippen LogP contribution in [0.1, 0.15) is 75.0 Å². The second kappa shape index (κ2) is 9.85. The average molecular weight is 484 g/mol. The molecule has 0 aromatic heterocycles. The fraction of sp³-hybridized carbons (Fsp3) is 0.344. The van der Waals surface area contributed by atoms with Gasteiger partial charge in [-0.3, -0.25) is 0 Å². The number of carboxylic acid groups (broad SMARTS) is 1. The number of rotatable bonds is 7. The Balaban J connectivity index is 1.87. The minimum absolute atomic E-state index is 0.00630. The van der Waals surface area contributed by atoms with Gasteiger partial charge in [-0.1, -0.05) is 71.0 Å². The number of benzene rings is 3. The second-order valence-electron chi connectivity index (χ2n) is 11.2. The molecule has 0 amide bonds. The molecule has 0 heterocycles. The molecule has 4 nitrogen and oxygen atoms in total. The zero-order valence-electron chi connectivity index (χ0n) is 22.3. The maximum Gasteiger partial charge on any atom is 0.335 e. The van der Waals surface area contributed by atoms with E-state index in [0.29, 0.717) is 13.2 Å². The van der Waals surface area contributed by atoms with E-state index in [4.69, 9.17) is 4.74 Å². The highest BCUT2D eigenvalue weighted by molar-refractivity contribution is 5.88. The third-order valence-corrected chi connectivity index (χ3v) is 7.01. The van der Waals surface area contributed by atoms with Crippen molar-refractivity contribution in [3.05, 3.63) is 95.1 Å². The zero-order valence-corrected chi connectivity index (χ0v) is 22.3. The molecule has 0 unspecified atom stereocenters. The summed E-state index contributed by atoms with van der Waals surface area (Å²) in [6.45, 7) is 14.7. The molecule has 4 rings (SSSR count). The van der Waals surface area contributed by atoms with Crippen molar-refractivity contribution in [3.8, 4) is 5.75 Å². The molecule has 0 radical (unpaired) electrons. The van der Waals surface area contributed by atoms with Gasteiger partial charge in [-0.05, 0) is 82.8 Å². The van der Waals surface area contributed by atoms with Crippen molar-refractivity contribution < 1.29 is 14.6 Å². The summed E-state index contributed by atoms with van der Waals surface area (Å²) in [7, 11) is 0. The Bertz CT molecular complexity index is 1270. The Morgan fingerprint density at radius 2 is 1.69 bits per heavy atom. The molecule has 0 atom stereocenters. The Morgan fingerprint density at radius 3 is 2.28 bits per heavy atom. The quantitative estimate of drug-likeness (QED) is 0.368. The van der Waals surface area contributed by atoms with Gasteiger partial charge in [-0.2, -0.15) is 0 Å². The minimum atomic E-state index is -0.924. The fourth-order valence-electron chi connectivity index (χ4n) is 4.98. The van der Waals surface area contributed by atoms with Crippen LogP contribution in [0.5, 0.6) is 5.75 Å². The lowest BCUT2D eigenvalue weighted by atomic mass is 9.68. The van der Waals surface area contributed by atoms with E-state index in [2.05, 4.69) is 76.8 Å². The third-order valence-electron chi connectivity index (χ3n) is 7.01. The highest BCUT2D eigenvalue weighted by atomic mass is 16.5. The van der Waals surface area contributed by atoms with Gasteiger partial charge >= 0.3 is 5.97 Å². The van der Waals surface area contributed by atoms with Gasteiger partial charge in [0.05, 0.1) is 11.3 Å². The molecule has 3 aromatic rings. The van der Waals surface area contributed by atoms with E-state index >= 15 is 0 Å².